The summed E-state index contributed by atoms with van der Waals surface area (Å²) in [5, 5.41) is 11.4. The first-order valence-electron chi connectivity index (χ1n) is 6.83. The third-order valence-corrected chi connectivity index (χ3v) is 2.64. The van der Waals surface area contributed by atoms with Gasteiger partial charge in [0.15, 0.2) is 5.75 Å². The molecule has 0 aliphatic carbocycles. The Balaban J connectivity index is 3.71. The molecule has 1 rings (SSSR count). The van der Waals surface area contributed by atoms with E-state index in [9.17, 15) is 14.9 Å². The van der Waals surface area contributed by atoms with Crippen LogP contribution in [0.4, 0.5) is 5.69 Å². The van der Waals surface area contributed by atoms with Crippen LogP contribution in [0.1, 0.15) is 31.1 Å². The van der Waals surface area contributed by atoms with Crippen molar-refractivity contribution in [2.24, 2.45) is 0 Å². The zero-order valence-electron chi connectivity index (χ0n) is 13.0. The number of hydrogen-bond donors (Lipinski definition) is 0. The average Bonchev–Trinajstić information content (AvgIpc) is 2.49. The number of nitrogens with zero attached hydrogens (tertiary/aromatic N) is 1. The number of rotatable bonds is 8. The molecule has 1 aromatic carbocycles. The highest BCUT2D eigenvalue weighted by molar-refractivity contribution is 5.97. The first-order chi connectivity index (χ1) is 10.5. The summed E-state index contributed by atoms with van der Waals surface area (Å²) in [7, 11) is 1.14. The quantitative estimate of drug-likeness (QED) is 0.413. The predicted molar refractivity (Wildman–Crippen MR) is 77.9 cm³/mol. The third kappa shape index (κ3) is 3.57. The molecule has 0 spiro atoms. The van der Waals surface area contributed by atoms with Gasteiger partial charge < -0.3 is 18.9 Å². The van der Waals surface area contributed by atoms with Crippen LogP contribution in [0.15, 0.2) is 6.07 Å². The van der Waals surface area contributed by atoms with Crippen LogP contribution in [0.2, 0.25) is 0 Å². The van der Waals surface area contributed by atoms with E-state index in [2.05, 4.69) is 4.74 Å². The summed E-state index contributed by atoms with van der Waals surface area (Å²) < 4.78 is 20.8. The second-order valence-corrected chi connectivity index (χ2v) is 3.98. The lowest BCUT2D eigenvalue weighted by molar-refractivity contribution is -0.386. The van der Waals surface area contributed by atoms with Gasteiger partial charge in [-0.25, -0.2) is 4.79 Å². The van der Waals surface area contributed by atoms with E-state index >= 15 is 0 Å². The molecule has 0 heterocycles. The van der Waals surface area contributed by atoms with Gasteiger partial charge in [-0.05, 0) is 20.8 Å². The minimum atomic E-state index is -0.850. The Labute approximate surface area is 128 Å². The van der Waals surface area contributed by atoms with E-state index in [0.717, 1.165) is 7.11 Å². The molecular formula is C14H19NO7. The molecule has 122 valence electrons. The van der Waals surface area contributed by atoms with E-state index in [1.807, 2.05) is 0 Å². The summed E-state index contributed by atoms with van der Waals surface area (Å²) >= 11 is 0. The number of nitro groups is 1. The smallest absolute Gasteiger partial charge is 0.345 e. The molecule has 0 aliphatic heterocycles. The van der Waals surface area contributed by atoms with Gasteiger partial charge in [-0.15, -0.1) is 0 Å². The van der Waals surface area contributed by atoms with E-state index in [1.165, 1.54) is 6.07 Å². The molecule has 1 aromatic rings. The van der Waals surface area contributed by atoms with Gasteiger partial charge in [0.1, 0.15) is 5.56 Å². The number of hydrogen-bond acceptors (Lipinski definition) is 7. The number of carbonyl (C=O) groups is 1. The normalized spacial score (nSPS) is 10.0. The summed E-state index contributed by atoms with van der Waals surface area (Å²) in [6, 6.07) is 1.24. The lowest BCUT2D eigenvalue weighted by Crippen LogP contribution is -2.11. The van der Waals surface area contributed by atoms with Crippen molar-refractivity contribution in [3.05, 3.63) is 21.7 Å². The van der Waals surface area contributed by atoms with Crippen molar-refractivity contribution in [1.82, 2.24) is 0 Å². The van der Waals surface area contributed by atoms with Gasteiger partial charge in [0, 0.05) is 6.07 Å². The fourth-order valence-electron chi connectivity index (χ4n) is 1.88. The molecule has 0 saturated heterocycles. The fraction of sp³-hybridized carbons (Fsp3) is 0.500. The van der Waals surface area contributed by atoms with Crippen LogP contribution in [-0.2, 0) is 4.74 Å². The second-order valence-electron chi connectivity index (χ2n) is 3.98. The van der Waals surface area contributed by atoms with Crippen LogP contribution in [0.25, 0.3) is 0 Å². The molecule has 0 amide bonds. The van der Waals surface area contributed by atoms with Gasteiger partial charge >= 0.3 is 11.7 Å². The zero-order chi connectivity index (χ0) is 16.7. The van der Waals surface area contributed by atoms with Crippen molar-refractivity contribution in [3.63, 3.8) is 0 Å². The molecule has 22 heavy (non-hydrogen) atoms. The molecule has 0 aliphatic rings. The van der Waals surface area contributed by atoms with Crippen LogP contribution >= 0.6 is 0 Å². The maximum Gasteiger partial charge on any atom is 0.345 e. The molecule has 0 fully saturated rings. The number of ether oxygens (including phenoxy) is 4. The Hall–Kier alpha value is -2.51. The van der Waals surface area contributed by atoms with E-state index in [1.54, 1.807) is 20.8 Å². The lowest BCUT2D eigenvalue weighted by atomic mass is 10.1. The Bertz CT molecular complexity index is 557. The molecule has 0 atom stereocenters. The molecule has 8 heteroatoms. The highest BCUT2D eigenvalue weighted by Gasteiger charge is 2.33. The number of methoxy groups -OCH3 is 1. The Morgan fingerprint density at radius 2 is 1.64 bits per heavy atom. The van der Waals surface area contributed by atoms with Crippen LogP contribution in [-0.4, -0.2) is 37.8 Å². The van der Waals surface area contributed by atoms with E-state index in [0.29, 0.717) is 6.61 Å². The lowest BCUT2D eigenvalue weighted by Gasteiger charge is -2.17. The second kappa shape index (κ2) is 8.06. The molecule has 0 unspecified atom stereocenters. The topological polar surface area (TPSA) is 97.1 Å². The first kappa shape index (κ1) is 17.5. The highest BCUT2D eigenvalue weighted by Crippen LogP contribution is 2.47. The zero-order valence-corrected chi connectivity index (χ0v) is 13.0. The number of esters is 1. The maximum atomic E-state index is 11.8. The van der Waals surface area contributed by atoms with Gasteiger partial charge in [-0.3, -0.25) is 10.1 Å². The van der Waals surface area contributed by atoms with Crippen LogP contribution < -0.4 is 14.2 Å². The summed E-state index contributed by atoms with van der Waals surface area (Å²) in [6.45, 7) is 5.86. The monoisotopic (exact) mass is 313 g/mol. The minimum Gasteiger partial charge on any atom is -0.490 e. The van der Waals surface area contributed by atoms with Gasteiger partial charge in [-0.2, -0.15) is 0 Å². The van der Waals surface area contributed by atoms with E-state index < -0.39 is 16.6 Å². The third-order valence-electron chi connectivity index (χ3n) is 2.64. The van der Waals surface area contributed by atoms with Crippen molar-refractivity contribution in [2.75, 3.05) is 26.9 Å². The Kier molecular flexibility index (Phi) is 6.43. The molecule has 8 nitrogen and oxygen atoms in total. The number of carbonyl (C=O) groups excluding carboxylic acids is 1. The largest absolute Gasteiger partial charge is 0.490 e. The molecular weight excluding hydrogens is 294 g/mol. The molecule has 0 N–H and O–H groups in total. The van der Waals surface area contributed by atoms with Crippen molar-refractivity contribution in [3.8, 4) is 17.2 Å². The Morgan fingerprint density at radius 3 is 2.09 bits per heavy atom. The Morgan fingerprint density at radius 1 is 1.09 bits per heavy atom. The van der Waals surface area contributed by atoms with Crippen LogP contribution in [0, 0.1) is 10.1 Å². The van der Waals surface area contributed by atoms with Gasteiger partial charge in [0.05, 0.1) is 31.9 Å². The minimum absolute atomic E-state index is 0.102. The van der Waals surface area contributed by atoms with Gasteiger partial charge in [0.2, 0.25) is 11.5 Å². The summed E-state index contributed by atoms with van der Waals surface area (Å²) in [5.74, 6) is -0.693. The molecule has 0 radical (unpaired) electrons. The van der Waals surface area contributed by atoms with Crippen molar-refractivity contribution in [2.45, 2.75) is 20.8 Å². The standard InChI is InChI=1S/C14H19NO7/c1-5-20-10-8-9(14(16)19-4)11(15(17)18)13(22-7-3)12(10)21-6-2/h8H,5-7H2,1-4H3. The number of benzene rings is 1. The summed E-state index contributed by atoms with van der Waals surface area (Å²) in [6.07, 6.45) is 0. The molecule has 0 aromatic heterocycles. The summed E-state index contributed by atoms with van der Waals surface area (Å²) in [5.41, 5.74) is -0.747. The van der Waals surface area contributed by atoms with Crippen molar-refractivity contribution in [1.29, 1.82) is 0 Å². The SMILES string of the molecule is CCOc1cc(C(=O)OC)c([N+](=O)[O-])c(OCC)c1OCC. The highest BCUT2D eigenvalue weighted by atomic mass is 16.6. The maximum absolute atomic E-state index is 11.8. The van der Waals surface area contributed by atoms with E-state index in [4.69, 9.17) is 14.2 Å². The first-order valence-corrected chi connectivity index (χ1v) is 6.83. The fourth-order valence-corrected chi connectivity index (χ4v) is 1.88. The van der Waals surface area contributed by atoms with Gasteiger partial charge in [-0.1, -0.05) is 0 Å². The summed E-state index contributed by atoms with van der Waals surface area (Å²) in [4.78, 5) is 22.5. The predicted octanol–water partition coefficient (Wildman–Crippen LogP) is 2.58. The molecule has 0 saturated carbocycles. The van der Waals surface area contributed by atoms with E-state index in [-0.39, 0.29) is 36.0 Å². The van der Waals surface area contributed by atoms with Crippen LogP contribution in [0.5, 0.6) is 17.2 Å². The van der Waals surface area contributed by atoms with Crippen molar-refractivity contribution >= 4 is 11.7 Å². The van der Waals surface area contributed by atoms with Crippen LogP contribution in [0.3, 0.4) is 0 Å². The van der Waals surface area contributed by atoms with Gasteiger partial charge in [0.25, 0.3) is 0 Å². The molecule has 0 bridgehead atoms. The van der Waals surface area contributed by atoms with Crippen molar-refractivity contribution < 1.29 is 28.7 Å². The average molecular weight is 313 g/mol. The number of nitro benzene ring substituents is 1.